The molecule has 2 heterocycles. The summed E-state index contributed by atoms with van der Waals surface area (Å²) in [6.45, 7) is 4.24. The number of hydrogen-bond donors (Lipinski definition) is 1. The summed E-state index contributed by atoms with van der Waals surface area (Å²) in [5, 5.41) is 3.37. The molecule has 0 aliphatic carbocycles. The fourth-order valence-corrected chi connectivity index (χ4v) is 3.47. The van der Waals surface area contributed by atoms with Crippen molar-refractivity contribution in [1.82, 2.24) is 10.2 Å². The van der Waals surface area contributed by atoms with Crippen molar-refractivity contribution in [2.24, 2.45) is 5.92 Å². The first kappa shape index (κ1) is 15.5. The van der Waals surface area contributed by atoms with Crippen LogP contribution in [0.1, 0.15) is 24.8 Å². The van der Waals surface area contributed by atoms with E-state index in [0.29, 0.717) is 31.5 Å². The standard InChI is InChI=1S/C18H26N2O2/c21-18(7-6-16-8-9-19-13-16)20-10-11-22-14-17(20)12-15-4-2-1-3-5-15/h1-5,16-17,19H,6-14H2. The predicted octanol–water partition coefficient (Wildman–Crippen LogP) is 1.85. The smallest absolute Gasteiger partial charge is 0.222 e. The zero-order valence-electron chi connectivity index (χ0n) is 13.2. The van der Waals surface area contributed by atoms with Crippen molar-refractivity contribution < 1.29 is 9.53 Å². The minimum atomic E-state index is 0.186. The molecular weight excluding hydrogens is 276 g/mol. The van der Waals surface area contributed by atoms with Gasteiger partial charge in [0.05, 0.1) is 19.3 Å². The molecule has 2 unspecified atom stereocenters. The molecule has 0 aromatic heterocycles. The van der Waals surface area contributed by atoms with Crippen molar-refractivity contribution in [2.75, 3.05) is 32.8 Å². The second-order valence-corrected chi connectivity index (χ2v) is 6.40. The molecule has 4 heteroatoms. The zero-order valence-corrected chi connectivity index (χ0v) is 13.2. The first-order valence-corrected chi connectivity index (χ1v) is 8.45. The number of carbonyl (C=O) groups is 1. The van der Waals surface area contributed by atoms with Gasteiger partial charge in [-0.3, -0.25) is 4.79 Å². The van der Waals surface area contributed by atoms with Gasteiger partial charge >= 0.3 is 0 Å². The third-order valence-corrected chi connectivity index (χ3v) is 4.79. The molecule has 2 fully saturated rings. The predicted molar refractivity (Wildman–Crippen MR) is 86.7 cm³/mol. The molecule has 1 aromatic rings. The van der Waals surface area contributed by atoms with Crippen LogP contribution in [0.25, 0.3) is 0 Å². The minimum absolute atomic E-state index is 0.186. The molecule has 0 radical (unpaired) electrons. The number of morpholine rings is 1. The summed E-state index contributed by atoms with van der Waals surface area (Å²) >= 11 is 0. The van der Waals surface area contributed by atoms with E-state index in [-0.39, 0.29) is 6.04 Å². The van der Waals surface area contributed by atoms with E-state index in [2.05, 4.69) is 34.5 Å². The molecule has 0 saturated carbocycles. The lowest BCUT2D eigenvalue weighted by Gasteiger charge is -2.36. The second-order valence-electron chi connectivity index (χ2n) is 6.40. The maximum absolute atomic E-state index is 12.6. The molecule has 2 saturated heterocycles. The second kappa shape index (κ2) is 7.75. The van der Waals surface area contributed by atoms with E-state index in [1.165, 1.54) is 12.0 Å². The number of carbonyl (C=O) groups excluding carboxylic acids is 1. The first-order chi connectivity index (χ1) is 10.8. The average molecular weight is 302 g/mol. The Labute approximate surface area is 132 Å². The lowest BCUT2D eigenvalue weighted by molar-refractivity contribution is -0.140. The average Bonchev–Trinajstić information content (AvgIpc) is 3.08. The van der Waals surface area contributed by atoms with Crippen molar-refractivity contribution in [2.45, 2.75) is 31.7 Å². The van der Waals surface area contributed by atoms with Crippen LogP contribution in [0.2, 0.25) is 0 Å². The van der Waals surface area contributed by atoms with Gasteiger partial charge in [0.25, 0.3) is 0 Å². The number of rotatable bonds is 5. The Morgan fingerprint density at radius 3 is 2.95 bits per heavy atom. The van der Waals surface area contributed by atoms with Gasteiger partial charge in [-0.05, 0) is 43.8 Å². The molecule has 120 valence electrons. The number of hydrogen-bond acceptors (Lipinski definition) is 3. The van der Waals surface area contributed by atoms with Gasteiger partial charge in [0, 0.05) is 13.0 Å². The Kier molecular flexibility index (Phi) is 5.46. The molecule has 2 aliphatic rings. The highest BCUT2D eigenvalue weighted by atomic mass is 16.5. The quantitative estimate of drug-likeness (QED) is 0.902. The van der Waals surface area contributed by atoms with Crippen LogP contribution in [-0.4, -0.2) is 49.7 Å². The summed E-state index contributed by atoms with van der Waals surface area (Å²) in [5.41, 5.74) is 1.27. The Bertz CT molecular complexity index is 471. The maximum Gasteiger partial charge on any atom is 0.222 e. The summed E-state index contributed by atoms with van der Waals surface area (Å²) in [7, 11) is 0. The van der Waals surface area contributed by atoms with E-state index in [9.17, 15) is 4.79 Å². The maximum atomic E-state index is 12.6. The van der Waals surface area contributed by atoms with E-state index in [0.717, 1.165) is 32.5 Å². The van der Waals surface area contributed by atoms with Crippen LogP contribution < -0.4 is 5.32 Å². The molecule has 4 nitrogen and oxygen atoms in total. The molecule has 2 aliphatic heterocycles. The van der Waals surface area contributed by atoms with Gasteiger partial charge in [0.2, 0.25) is 5.91 Å². The van der Waals surface area contributed by atoms with E-state index in [1.807, 2.05) is 6.07 Å². The van der Waals surface area contributed by atoms with Crippen LogP contribution in [0, 0.1) is 5.92 Å². The highest BCUT2D eigenvalue weighted by molar-refractivity contribution is 5.76. The van der Waals surface area contributed by atoms with Gasteiger partial charge in [-0.15, -0.1) is 0 Å². The van der Waals surface area contributed by atoms with Gasteiger partial charge in [-0.1, -0.05) is 30.3 Å². The van der Waals surface area contributed by atoms with Crippen LogP contribution in [0.3, 0.4) is 0 Å². The van der Waals surface area contributed by atoms with E-state index in [1.54, 1.807) is 0 Å². The molecule has 1 aromatic carbocycles. The molecule has 1 amide bonds. The van der Waals surface area contributed by atoms with Crippen molar-refractivity contribution in [3.63, 3.8) is 0 Å². The highest BCUT2D eigenvalue weighted by Crippen LogP contribution is 2.19. The summed E-state index contributed by atoms with van der Waals surface area (Å²) in [5.74, 6) is 0.980. The fraction of sp³-hybridized carbons (Fsp3) is 0.611. The number of amides is 1. The fourth-order valence-electron chi connectivity index (χ4n) is 3.47. The third-order valence-electron chi connectivity index (χ3n) is 4.79. The number of nitrogens with zero attached hydrogens (tertiary/aromatic N) is 1. The van der Waals surface area contributed by atoms with Crippen molar-refractivity contribution in [3.8, 4) is 0 Å². The highest BCUT2D eigenvalue weighted by Gasteiger charge is 2.28. The molecular formula is C18H26N2O2. The SMILES string of the molecule is O=C(CCC1CCNC1)N1CCOCC1Cc1ccccc1. The van der Waals surface area contributed by atoms with Gasteiger partial charge in [-0.2, -0.15) is 0 Å². The molecule has 2 atom stereocenters. The van der Waals surface area contributed by atoms with Crippen LogP contribution in [0.4, 0.5) is 0 Å². The number of nitrogens with one attached hydrogen (secondary N) is 1. The molecule has 3 rings (SSSR count). The van der Waals surface area contributed by atoms with Crippen LogP contribution in [-0.2, 0) is 16.0 Å². The zero-order chi connectivity index (χ0) is 15.2. The topological polar surface area (TPSA) is 41.6 Å². The van der Waals surface area contributed by atoms with E-state index in [4.69, 9.17) is 4.74 Å². The Balaban J connectivity index is 1.55. The lowest BCUT2D eigenvalue weighted by atomic mass is 10.0. The Morgan fingerprint density at radius 1 is 1.32 bits per heavy atom. The van der Waals surface area contributed by atoms with Crippen LogP contribution in [0.5, 0.6) is 0 Å². The third kappa shape index (κ3) is 4.08. The van der Waals surface area contributed by atoms with Crippen molar-refractivity contribution >= 4 is 5.91 Å². The van der Waals surface area contributed by atoms with Gasteiger partial charge < -0.3 is 15.0 Å². The normalized spacial score (nSPS) is 25.4. The lowest BCUT2D eigenvalue weighted by Crippen LogP contribution is -2.49. The Morgan fingerprint density at radius 2 is 2.18 bits per heavy atom. The van der Waals surface area contributed by atoms with Gasteiger partial charge in [0.15, 0.2) is 0 Å². The van der Waals surface area contributed by atoms with Crippen molar-refractivity contribution in [1.29, 1.82) is 0 Å². The van der Waals surface area contributed by atoms with Gasteiger partial charge in [-0.25, -0.2) is 0 Å². The summed E-state index contributed by atoms with van der Waals surface area (Å²) in [4.78, 5) is 14.7. The first-order valence-electron chi connectivity index (χ1n) is 8.45. The number of benzene rings is 1. The Hall–Kier alpha value is -1.39. The largest absolute Gasteiger partial charge is 0.377 e. The van der Waals surface area contributed by atoms with Gasteiger partial charge in [0.1, 0.15) is 0 Å². The van der Waals surface area contributed by atoms with E-state index >= 15 is 0 Å². The van der Waals surface area contributed by atoms with E-state index < -0.39 is 0 Å². The monoisotopic (exact) mass is 302 g/mol. The van der Waals surface area contributed by atoms with Crippen LogP contribution >= 0.6 is 0 Å². The molecule has 0 spiro atoms. The molecule has 1 N–H and O–H groups in total. The van der Waals surface area contributed by atoms with Crippen molar-refractivity contribution in [3.05, 3.63) is 35.9 Å². The minimum Gasteiger partial charge on any atom is -0.377 e. The summed E-state index contributed by atoms with van der Waals surface area (Å²) in [6.07, 6.45) is 3.79. The molecule has 0 bridgehead atoms. The number of ether oxygens (including phenoxy) is 1. The summed E-state index contributed by atoms with van der Waals surface area (Å²) in [6, 6.07) is 10.6. The summed E-state index contributed by atoms with van der Waals surface area (Å²) < 4.78 is 5.61. The molecule has 22 heavy (non-hydrogen) atoms. The van der Waals surface area contributed by atoms with Crippen LogP contribution in [0.15, 0.2) is 30.3 Å².